The van der Waals surface area contributed by atoms with Crippen molar-refractivity contribution in [2.24, 2.45) is 0 Å². The standard InChI is InChI=1S/C19H22N2O12S/c22-11-12-7-8-13(9-14(12)21(27)28)32-17(24)5-3-1-2-4-6-18(25)33-20-16(23)10-15(19(20)26)34(29,30)31/h7-9,15,22H,1-6,10-11H2,(H,29,30,31). The van der Waals surface area contributed by atoms with Gasteiger partial charge in [-0.1, -0.05) is 12.8 Å². The predicted octanol–water partition coefficient (Wildman–Crippen LogP) is 0.807. The Balaban J connectivity index is 1.67. The largest absolute Gasteiger partial charge is 0.426 e. The van der Waals surface area contributed by atoms with Gasteiger partial charge in [-0.15, -0.1) is 5.06 Å². The summed E-state index contributed by atoms with van der Waals surface area (Å²) >= 11 is 0. The van der Waals surface area contributed by atoms with Gasteiger partial charge in [0.05, 0.1) is 29.6 Å². The number of rotatable bonds is 12. The molecule has 1 aliphatic heterocycles. The third kappa shape index (κ3) is 7.29. The molecule has 1 aromatic rings. The van der Waals surface area contributed by atoms with Crippen LogP contribution in [0.2, 0.25) is 0 Å². The SMILES string of the molecule is O=C(CCCCCCC(=O)ON1C(=O)CC(S(=O)(=O)O)C1=O)Oc1ccc(CO)c([N+](=O)[O-])c1. The van der Waals surface area contributed by atoms with Gasteiger partial charge in [0.25, 0.3) is 27.6 Å². The Hall–Kier alpha value is -3.43. The van der Waals surface area contributed by atoms with Crippen LogP contribution in [0.1, 0.15) is 50.5 Å². The van der Waals surface area contributed by atoms with Crippen LogP contribution in [0.5, 0.6) is 5.75 Å². The second-order valence-electron chi connectivity index (χ2n) is 7.29. The summed E-state index contributed by atoms with van der Waals surface area (Å²) < 4.78 is 36.1. The van der Waals surface area contributed by atoms with E-state index in [9.17, 15) is 37.7 Å². The fraction of sp³-hybridized carbons (Fsp3) is 0.474. The molecule has 1 aromatic carbocycles. The van der Waals surface area contributed by atoms with Crippen LogP contribution in [-0.4, -0.2) is 57.1 Å². The molecule has 186 valence electrons. The van der Waals surface area contributed by atoms with Gasteiger partial charge in [-0.25, -0.2) is 4.79 Å². The number of aliphatic hydroxyl groups excluding tert-OH is 1. The number of esters is 1. The molecular weight excluding hydrogens is 480 g/mol. The van der Waals surface area contributed by atoms with Crippen LogP contribution in [0, 0.1) is 10.1 Å². The minimum Gasteiger partial charge on any atom is -0.426 e. The number of hydrogen-bond acceptors (Lipinski definition) is 11. The van der Waals surface area contributed by atoms with Crippen LogP contribution < -0.4 is 4.74 Å². The van der Waals surface area contributed by atoms with E-state index in [1.54, 1.807) is 0 Å². The Morgan fingerprint density at radius 1 is 1.12 bits per heavy atom. The molecule has 1 saturated heterocycles. The lowest BCUT2D eigenvalue weighted by Gasteiger charge is -2.13. The van der Waals surface area contributed by atoms with Gasteiger partial charge in [0.2, 0.25) is 0 Å². The molecular formula is C19H22N2O12S. The Labute approximate surface area is 193 Å². The molecule has 0 spiro atoms. The number of amides is 2. The lowest BCUT2D eigenvalue weighted by atomic mass is 10.1. The number of aliphatic hydroxyl groups is 1. The molecule has 0 aromatic heterocycles. The van der Waals surface area contributed by atoms with Gasteiger partial charge in [-0.2, -0.15) is 8.42 Å². The monoisotopic (exact) mass is 502 g/mol. The highest BCUT2D eigenvalue weighted by Gasteiger charge is 2.48. The summed E-state index contributed by atoms with van der Waals surface area (Å²) in [6, 6.07) is 3.66. The number of unbranched alkanes of at least 4 members (excludes halogenated alkanes) is 3. The third-order valence-corrected chi connectivity index (χ3v) is 5.87. The number of nitro benzene ring substituents is 1. The van der Waals surface area contributed by atoms with E-state index in [2.05, 4.69) is 4.84 Å². The van der Waals surface area contributed by atoms with Gasteiger partial charge in [0.1, 0.15) is 5.75 Å². The van der Waals surface area contributed by atoms with Gasteiger partial charge in [-0.3, -0.25) is 29.1 Å². The first-order chi connectivity index (χ1) is 15.9. The van der Waals surface area contributed by atoms with Gasteiger partial charge >= 0.3 is 11.9 Å². The smallest absolute Gasteiger partial charge is 0.333 e. The van der Waals surface area contributed by atoms with Gasteiger partial charge < -0.3 is 14.7 Å². The number of nitro groups is 1. The maximum Gasteiger partial charge on any atom is 0.333 e. The van der Waals surface area contributed by atoms with E-state index < -0.39 is 57.1 Å². The normalized spacial score (nSPS) is 15.9. The van der Waals surface area contributed by atoms with Crippen LogP contribution in [0.15, 0.2) is 18.2 Å². The molecule has 0 saturated carbocycles. The first-order valence-corrected chi connectivity index (χ1v) is 11.6. The van der Waals surface area contributed by atoms with Crippen molar-refractivity contribution in [3.05, 3.63) is 33.9 Å². The Morgan fingerprint density at radius 2 is 1.74 bits per heavy atom. The number of hydrogen-bond donors (Lipinski definition) is 2. The van der Waals surface area contributed by atoms with Crippen LogP contribution in [-0.2, 0) is 40.7 Å². The molecule has 2 N–H and O–H groups in total. The van der Waals surface area contributed by atoms with E-state index in [1.807, 2.05) is 0 Å². The second kappa shape index (κ2) is 11.6. The number of hydroxylamine groups is 2. The lowest BCUT2D eigenvalue weighted by Crippen LogP contribution is -2.36. The molecule has 2 amide bonds. The van der Waals surface area contributed by atoms with Crippen molar-refractivity contribution in [1.82, 2.24) is 5.06 Å². The zero-order valence-electron chi connectivity index (χ0n) is 17.7. The summed E-state index contributed by atoms with van der Waals surface area (Å²) in [5.74, 6) is -3.99. The Morgan fingerprint density at radius 3 is 2.26 bits per heavy atom. The average molecular weight is 502 g/mol. The van der Waals surface area contributed by atoms with E-state index in [-0.39, 0.29) is 34.9 Å². The minimum absolute atomic E-state index is 0.00774. The van der Waals surface area contributed by atoms with E-state index >= 15 is 0 Å². The Bertz CT molecular complexity index is 1080. The van der Waals surface area contributed by atoms with E-state index in [0.717, 1.165) is 6.07 Å². The molecule has 34 heavy (non-hydrogen) atoms. The number of nitrogens with zero attached hydrogens (tertiary/aromatic N) is 2. The summed E-state index contributed by atoms with van der Waals surface area (Å²) in [5, 5.41) is 18.1. The predicted molar refractivity (Wildman–Crippen MR) is 110 cm³/mol. The number of carbonyl (C=O) groups is 4. The number of ether oxygens (including phenoxy) is 1. The fourth-order valence-electron chi connectivity index (χ4n) is 3.04. The van der Waals surface area contributed by atoms with Crippen LogP contribution in [0.25, 0.3) is 0 Å². The van der Waals surface area contributed by atoms with Crippen LogP contribution in [0.3, 0.4) is 0 Å². The molecule has 2 rings (SSSR count). The van der Waals surface area contributed by atoms with Crippen molar-refractivity contribution < 1.29 is 51.8 Å². The second-order valence-corrected chi connectivity index (χ2v) is 8.89. The van der Waals surface area contributed by atoms with E-state index in [0.29, 0.717) is 25.7 Å². The molecule has 1 atom stereocenters. The van der Waals surface area contributed by atoms with Crippen LogP contribution >= 0.6 is 0 Å². The van der Waals surface area contributed by atoms with Crippen molar-refractivity contribution >= 4 is 39.6 Å². The highest BCUT2D eigenvalue weighted by molar-refractivity contribution is 7.87. The zero-order valence-corrected chi connectivity index (χ0v) is 18.6. The van der Waals surface area contributed by atoms with E-state index in [4.69, 9.17) is 14.4 Å². The number of carbonyl (C=O) groups excluding carboxylic acids is 4. The summed E-state index contributed by atoms with van der Waals surface area (Å²) in [4.78, 5) is 62.0. The molecule has 1 aliphatic rings. The first-order valence-electron chi connectivity index (χ1n) is 10.1. The summed E-state index contributed by atoms with van der Waals surface area (Å²) in [5.41, 5.74) is -0.287. The molecule has 0 radical (unpaired) electrons. The van der Waals surface area contributed by atoms with Gasteiger partial charge in [-0.05, 0) is 25.0 Å². The molecule has 0 aliphatic carbocycles. The lowest BCUT2D eigenvalue weighted by molar-refractivity contribution is -0.385. The molecule has 15 heteroatoms. The number of benzene rings is 1. The van der Waals surface area contributed by atoms with Crippen molar-refractivity contribution in [3.8, 4) is 5.75 Å². The molecule has 14 nitrogen and oxygen atoms in total. The minimum atomic E-state index is -4.80. The molecule has 0 bridgehead atoms. The van der Waals surface area contributed by atoms with Crippen molar-refractivity contribution in [2.45, 2.75) is 56.8 Å². The summed E-state index contributed by atoms with van der Waals surface area (Å²) in [6.45, 7) is -0.534. The highest BCUT2D eigenvalue weighted by Crippen LogP contribution is 2.25. The first kappa shape index (κ1) is 26.8. The van der Waals surface area contributed by atoms with Crippen molar-refractivity contribution in [3.63, 3.8) is 0 Å². The third-order valence-electron chi connectivity index (χ3n) is 4.78. The molecule has 1 heterocycles. The maximum absolute atomic E-state index is 11.9. The molecule has 1 unspecified atom stereocenters. The maximum atomic E-state index is 11.9. The van der Waals surface area contributed by atoms with E-state index in [1.165, 1.54) is 12.1 Å². The summed E-state index contributed by atoms with van der Waals surface area (Å²) in [7, 11) is -4.80. The summed E-state index contributed by atoms with van der Waals surface area (Å²) in [6.07, 6.45) is 0.685. The van der Waals surface area contributed by atoms with Crippen molar-refractivity contribution in [1.29, 1.82) is 0 Å². The van der Waals surface area contributed by atoms with Crippen LogP contribution in [0.4, 0.5) is 5.69 Å². The topological polar surface area (TPSA) is 208 Å². The average Bonchev–Trinajstić information content (AvgIpc) is 3.04. The highest BCUT2D eigenvalue weighted by atomic mass is 32.2. The van der Waals surface area contributed by atoms with Gasteiger partial charge in [0, 0.05) is 12.8 Å². The number of imide groups is 1. The Kier molecular flexibility index (Phi) is 9.17. The van der Waals surface area contributed by atoms with Crippen molar-refractivity contribution in [2.75, 3.05) is 0 Å². The van der Waals surface area contributed by atoms with Gasteiger partial charge in [0.15, 0.2) is 5.25 Å². The quantitative estimate of drug-likeness (QED) is 0.0774. The fourth-order valence-corrected chi connectivity index (χ4v) is 3.75. The zero-order chi connectivity index (χ0) is 25.5. The molecule has 1 fully saturated rings.